The molecule has 1 amide bonds. The fraction of sp³-hybridized carbons (Fsp3) is 0.667. The number of nitro benzene ring substituents is 1. The Morgan fingerprint density at radius 2 is 1.74 bits per heavy atom. The molecule has 1 N–H and O–H groups in total. The molecule has 3 rings (SSSR count). The Hall–Kier alpha value is -2.36. The van der Waals surface area contributed by atoms with Crippen molar-refractivity contribution in [2.75, 3.05) is 31.1 Å². The molecule has 7 nitrogen and oxygen atoms in total. The van der Waals surface area contributed by atoms with Gasteiger partial charge in [0.1, 0.15) is 5.69 Å². The Balaban J connectivity index is 1.57. The van der Waals surface area contributed by atoms with Crippen LogP contribution in [0.1, 0.15) is 45.1 Å². The van der Waals surface area contributed by atoms with Crippen molar-refractivity contribution in [1.82, 2.24) is 10.2 Å². The molecule has 0 radical (unpaired) electrons. The van der Waals surface area contributed by atoms with Gasteiger partial charge in [-0.1, -0.05) is 0 Å². The molecule has 0 aliphatic carbocycles. The summed E-state index contributed by atoms with van der Waals surface area (Å²) in [4.78, 5) is 27.3. The van der Waals surface area contributed by atoms with Gasteiger partial charge < -0.3 is 15.1 Å². The maximum Gasteiger partial charge on any atom is 0.416 e. The molecule has 2 fully saturated rings. The van der Waals surface area contributed by atoms with Crippen LogP contribution in [0.25, 0.3) is 0 Å². The van der Waals surface area contributed by atoms with Gasteiger partial charge >= 0.3 is 6.18 Å². The standard InChI is InChI=1S/C21H29F3N4O3/c1-14(2)26-11-7-17(8-12-26)25-20(29)15-5-9-27(10-6-15)18-4-3-16(21(22,23)24)13-19(18)28(30)31/h3-4,13-15,17H,5-12H2,1-2H3,(H,25,29). The summed E-state index contributed by atoms with van der Waals surface area (Å²) in [7, 11) is 0. The van der Waals surface area contributed by atoms with Crippen molar-refractivity contribution >= 4 is 17.3 Å². The van der Waals surface area contributed by atoms with Crippen molar-refractivity contribution in [3.8, 4) is 0 Å². The Morgan fingerprint density at radius 3 is 2.26 bits per heavy atom. The third-order valence-corrected chi connectivity index (χ3v) is 6.31. The molecular weight excluding hydrogens is 413 g/mol. The fourth-order valence-corrected chi connectivity index (χ4v) is 4.38. The number of hydrogen-bond donors (Lipinski definition) is 1. The molecule has 0 aromatic heterocycles. The Morgan fingerprint density at radius 1 is 1.13 bits per heavy atom. The smallest absolute Gasteiger partial charge is 0.366 e. The molecule has 1 aromatic rings. The first-order valence-corrected chi connectivity index (χ1v) is 10.7. The van der Waals surface area contributed by atoms with Gasteiger partial charge in [-0.25, -0.2) is 0 Å². The van der Waals surface area contributed by atoms with Crippen LogP contribution in [0.3, 0.4) is 0 Å². The summed E-state index contributed by atoms with van der Waals surface area (Å²) >= 11 is 0. The number of rotatable bonds is 5. The normalized spacial score (nSPS) is 19.6. The predicted octanol–water partition coefficient (Wildman–Crippen LogP) is 3.82. The zero-order valence-corrected chi connectivity index (χ0v) is 17.8. The van der Waals surface area contributed by atoms with Crippen LogP contribution in [0, 0.1) is 16.0 Å². The SMILES string of the molecule is CC(C)N1CCC(NC(=O)C2CCN(c3ccc(C(F)(F)F)cc3[N+](=O)[O-])CC2)CC1. The summed E-state index contributed by atoms with van der Waals surface area (Å²) in [6.45, 7) is 7.00. The predicted molar refractivity (Wildman–Crippen MR) is 111 cm³/mol. The highest BCUT2D eigenvalue weighted by Gasteiger charge is 2.35. The van der Waals surface area contributed by atoms with E-state index in [9.17, 15) is 28.1 Å². The second-order valence-electron chi connectivity index (χ2n) is 8.63. The lowest BCUT2D eigenvalue weighted by atomic mass is 9.94. The van der Waals surface area contributed by atoms with Crippen molar-refractivity contribution in [3.05, 3.63) is 33.9 Å². The van der Waals surface area contributed by atoms with Crippen LogP contribution in [0.4, 0.5) is 24.5 Å². The molecule has 172 valence electrons. The van der Waals surface area contributed by atoms with Gasteiger partial charge in [-0.15, -0.1) is 0 Å². The number of nitrogens with zero attached hydrogens (tertiary/aromatic N) is 3. The third kappa shape index (κ3) is 5.66. The summed E-state index contributed by atoms with van der Waals surface area (Å²) in [6.07, 6.45) is -1.79. The minimum Gasteiger partial charge on any atom is -0.366 e. The fourth-order valence-electron chi connectivity index (χ4n) is 4.38. The number of hydrogen-bond acceptors (Lipinski definition) is 5. The van der Waals surface area contributed by atoms with E-state index in [0.29, 0.717) is 38.0 Å². The van der Waals surface area contributed by atoms with E-state index in [2.05, 4.69) is 24.1 Å². The van der Waals surface area contributed by atoms with Crippen molar-refractivity contribution < 1.29 is 22.9 Å². The monoisotopic (exact) mass is 442 g/mol. The number of carbonyl (C=O) groups is 1. The molecule has 0 saturated carbocycles. The van der Waals surface area contributed by atoms with E-state index in [1.165, 1.54) is 0 Å². The number of halogens is 3. The van der Waals surface area contributed by atoms with Crippen LogP contribution in [0.2, 0.25) is 0 Å². The van der Waals surface area contributed by atoms with E-state index in [0.717, 1.165) is 38.1 Å². The minimum atomic E-state index is -4.64. The molecule has 2 heterocycles. The molecule has 2 aliphatic rings. The minimum absolute atomic E-state index is 0.00423. The molecule has 2 aliphatic heterocycles. The van der Waals surface area contributed by atoms with E-state index < -0.39 is 22.4 Å². The third-order valence-electron chi connectivity index (χ3n) is 6.31. The summed E-state index contributed by atoms with van der Waals surface area (Å²) < 4.78 is 38.7. The summed E-state index contributed by atoms with van der Waals surface area (Å²) in [6, 6.07) is 3.26. The largest absolute Gasteiger partial charge is 0.416 e. The lowest BCUT2D eigenvalue weighted by molar-refractivity contribution is -0.384. The summed E-state index contributed by atoms with van der Waals surface area (Å²) in [5.74, 6) is -0.183. The molecule has 0 bridgehead atoms. The number of amides is 1. The number of carbonyl (C=O) groups excluding carboxylic acids is 1. The summed E-state index contributed by atoms with van der Waals surface area (Å²) in [5, 5.41) is 14.5. The van der Waals surface area contributed by atoms with Gasteiger partial charge in [0.25, 0.3) is 5.69 Å². The van der Waals surface area contributed by atoms with E-state index >= 15 is 0 Å². The van der Waals surface area contributed by atoms with Crippen LogP contribution < -0.4 is 10.2 Å². The van der Waals surface area contributed by atoms with Crippen LogP contribution in [0.5, 0.6) is 0 Å². The van der Waals surface area contributed by atoms with Crippen LogP contribution in [-0.2, 0) is 11.0 Å². The van der Waals surface area contributed by atoms with E-state index in [1.54, 1.807) is 4.90 Å². The number of benzene rings is 1. The zero-order valence-electron chi connectivity index (χ0n) is 17.8. The van der Waals surface area contributed by atoms with Gasteiger partial charge in [0, 0.05) is 50.2 Å². The second-order valence-corrected chi connectivity index (χ2v) is 8.63. The first kappa shape index (κ1) is 23.3. The van der Waals surface area contributed by atoms with E-state index in [-0.39, 0.29) is 23.6 Å². The lowest BCUT2D eigenvalue weighted by Crippen LogP contribution is -2.49. The second kappa shape index (κ2) is 9.42. The van der Waals surface area contributed by atoms with Crippen LogP contribution in [0.15, 0.2) is 18.2 Å². The molecule has 31 heavy (non-hydrogen) atoms. The van der Waals surface area contributed by atoms with Crippen molar-refractivity contribution in [1.29, 1.82) is 0 Å². The van der Waals surface area contributed by atoms with Gasteiger partial charge in [0.15, 0.2) is 0 Å². The highest BCUT2D eigenvalue weighted by molar-refractivity contribution is 5.79. The van der Waals surface area contributed by atoms with Gasteiger partial charge in [-0.05, 0) is 51.7 Å². The number of anilines is 1. The lowest BCUT2D eigenvalue weighted by Gasteiger charge is -2.36. The van der Waals surface area contributed by atoms with Crippen molar-refractivity contribution in [2.24, 2.45) is 5.92 Å². The van der Waals surface area contributed by atoms with Gasteiger partial charge in [0.05, 0.1) is 10.5 Å². The molecule has 0 atom stereocenters. The van der Waals surface area contributed by atoms with Crippen molar-refractivity contribution in [3.63, 3.8) is 0 Å². The van der Waals surface area contributed by atoms with Crippen LogP contribution in [-0.4, -0.2) is 54.0 Å². The number of nitrogens with one attached hydrogen (secondary N) is 1. The van der Waals surface area contributed by atoms with E-state index in [1.807, 2.05) is 0 Å². The zero-order chi connectivity index (χ0) is 22.8. The molecule has 0 unspecified atom stereocenters. The number of likely N-dealkylation sites (tertiary alicyclic amines) is 1. The molecule has 1 aromatic carbocycles. The maximum atomic E-state index is 12.9. The number of nitro groups is 1. The molecule has 10 heteroatoms. The number of piperidine rings is 2. The van der Waals surface area contributed by atoms with Crippen molar-refractivity contribution in [2.45, 2.75) is 57.8 Å². The average molecular weight is 442 g/mol. The quantitative estimate of drug-likeness (QED) is 0.554. The van der Waals surface area contributed by atoms with Crippen LogP contribution >= 0.6 is 0 Å². The maximum absolute atomic E-state index is 12.9. The first-order chi connectivity index (χ1) is 14.6. The highest BCUT2D eigenvalue weighted by Crippen LogP contribution is 2.37. The van der Waals surface area contributed by atoms with Gasteiger partial charge in [-0.3, -0.25) is 14.9 Å². The molecule has 2 saturated heterocycles. The molecular formula is C21H29F3N4O3. The highest BCUT2D eigenvalue weighted by atomic mass is 19.4. The Labute approximate surface area is 179 Å². The molecule has 0 spiro atoms. The van der Waals surface area contributed by atoms with Gasteiger partial charge in [-0.2, -0.15) is 13.2 Å². The van der Waals surface area contributed by atoms with E-state index in [4.69, 9.17) is 0 Å². The Kier molecular flexibility index (Phi) is 7.08. The summed E-state index contributed by atoms with van der Waals surface area (Å²) in [5.41, 5.74) is -1.44. The Bertz CT molecular complexity index is 800. The van der Waals surface area contributed by atoms with Gasteiger partial charge in [0.2, 0.25) is 5.91 Å². The first-order valence-electron chi connectivity index (χ1n) is 10.7. The number of alkyl halides is 3. The average Bonchev–Trinajstić information content (AvgIpc) is 2.73. The topological polar surface area (TPSA) is 78.7 Å².